The number of furan rings is 1. The van der Waals surface area contributed by atoms with Crippen LogP contribution in [0.2, 0.25) is 0 Å². The van der Waals surface area contributed by atoms with Crippen LogP contribution in [0.15, 0.2) is 41.0 Å². The molecule has 23 heavy (non-hydrogen) atoms. The summed E-state index contributed by atoms with van der Waals surface area (Å²) in [5, 5.41) is 5.52. The van der Waals surface area contributed by atoms with Gasteiger partial charge in [-0.1, -0.05) is 13.3 Å². The van der Waals surface area contributed by atoms with Crippen molar-refractivity contribution in [3.8, 4) is 5.75 Å². The molecule has 0 fully saturated rings. The van der Waals surface area contributed by atoms with Crippen LogP contribution in [0.4, 0.5) is 11.4 Å². The summed E-state index contributed by atoms with van der Waals surface area (Å²) in [4.78, 5) is 23.9. The van der Waals surface area contributed by atoms with Crippen LogP contribution in [0, 0.1) is 0 Å². The molecular formula is C17H20N2O4. The van der Waals surface area contributed by atoms with Crippen LogP contribution in [0.5, 0.6) is 5.75 Å². The van der Waals surface area contributed by atoms with E-state index in [2.05, 4.69) is 10.6 Å². The fourth-order valence-corrected chi connectivity index (χ4v) is 2.03. The number of methoxy groups -OCH3 is 1. The summed E-state index contributed by atoms with van der Waals surface area (Å²) >= 11 is 0. The summed E-state index contributed by atoms with van der Waals surface area (Å²) in [6.07, 6.45) is 3.65. The summed E-state index contributed by atoms with van der Waals surface area (Å²) in [5.41, 5.74) is 1.06. The molecule has 0 saturated carbocycles. The maximum atomic E-state index is 12.0. The van der Waals surface area contributed by atoms with E-state index in [4.69, 9.17) is 9.15 Å². The highest BCUT2D eigenvalue weighted by atomic mass is 16.5. The molecule has 0 bridgehead atoms. The predicted molar refractivity (Wildman–Crippen MR) is 87.8 cm³/mol. The van der Waals surface area contributed by atoms with E-state index >= 15 is 0 Å². The van der Waals surface area contributed by atoms with Gasteiger partial charge in [0.2, 0.25) is 5.91 Å². The van der Waals surface area contributed by atoms with Crippen molar-refractivity contribution in [1.29, 1.82) is 0 Å². The van der Waals surface area contributed by atoms with Gasteiger partial charge in [0.25, 0.3) is 5.91 Å². The Kier molecular flexibility index (Phi) is 5.80. The molecule has 122 valence electrons. The van der Waals surface area contributed by atoms with E-state index < -0.39 is 0 Å². The monoisotopic (exact) mass is 316 g/mol. The van der Waals surface area contributed by atoms with Gasteiger partial charge in [-0.3, -0.25) is 9.59 Å². The highest BCUT2D eigenvalue weighted by Gasteiger charge is 2.12. The molecule has 0 aliphatic carbocycles. The smallest absolute Gasteiger partial charge is 0.291 e. The molecule has 1 aromatic carbocycles. The third kappa shape index (κ3) is 4.60. The maximum absolute atomic E-state index is 12.0. The first-order valence-corrected chi connectivity index (χ1v) is 7.46. The molecule has 0 saturated heterocycles. The van der Waals surface area contributed by atoms with Crippen molar-refractivity contribution in [3.05, 3.63) is 42.4 Å². The molecule has 2 aromatic rings. The Balaban J connectivity index is 2.11. The zero-order valence-electron chi connectivity index (χ0n) is 13.2. The van der Waals surface area contributed by atoms with Crippen molar-refractivity contribution < 1.29 is 18.7 Å². The van der Waals surface area contributed by atoms with Crippen molar-refractivity contribution in [3.63, 3.8) is 0 Å². The molecule has 2 amide bonds. The number of rotatable bonds is 7. The number of hydrogen-bond acceptors (Lipinski definition) is 4. The highest BCUT2D eigenvalue weighted by molar-refractivity contribution is 6.03. The highest BCUT2D eigenvalue weighted by Crippen LogP contribution is 2.28. The normalized spacial score (nSPS) is 10.2. The van der Waals surface area contributed by atoms with Gasteiger partial charge in [-0.2, -0.15) is 0 Å². The van der Waals surface area contributed by atoms with Crippen LogP contribution in [0.25, 0.3) is 0 Å². The molecule has 6 heteroatoms. The number of unbranched alkanes of at least 4 members (excludes halogenated alkanes) is 1. The second-order valence-electron chi connectivity index (χ2n) is 5.00. The number of carbonyl (C=O) groups is 2. The van der Waals surface area contributed by atoms with Crippen LogP contribution in [0.1, 0.15) is 36.7 Å². The molecule has 1 heterocycles. The molecule has 0 atom stereocenters. The average molecular weight is 316 g/mol. The number of ether oxygens (including phenoxy) is 1. The Morgan fingerprint density at radius 3 is 2.70 bits per heavy atom. The van der Waals surface area contributed by atoms with E-state index in [1.54, 1.807) is 30.3 Å². The first kappa shape index (κ1) is 16.6. The predicted octanol–water partition coefficient (Wildman–Crippen LogP) is 3.67. The molecule has 0 aliphatic rings. The van der Waals surface area contributed by atoms with E-state index in [-0.39, 0.29) is 17.6 Å². The Morgan fingerprint density at radius 2 is 2.04 bits per heavy atom. The second kappa shape index (κ2) is 8.03. The number of benzene rings is 1. The number of amides is 2. The lowest BCUT2D eigenvalue weighted by molar-refractivity contribution is -0.116. The van der Waals surface area contributed by atoms with Gasteiger partial charge in [0, 0.05) is 12.1 Å². The van der Waals surface area contributed by atoms with E-state index in [1.165, 1.54) is 13.4 Å². The lowest BCUT2D eigenvalue weighted by Crippen LogP contribution is -2.14. The first-order valence-electron chi connectivity index (χ1n) is 7.46. The minimum atomic E-state index is -0.358. The summed E-state index contributed by atoms with van der Waals surface area (Å²) in [6, 6.07) is 8.26. The number of anilines is 2. The Labute approximate surface area is 134 Å². The van der Waals surface area contributed by atoms with Crippen molar-refractivity contribution in [2.24, 2.45) is 0 Å². The van der Waals surface area contributed by atoms with Gasteiger partial charge in [-0.15, -0.1) is 0 Å². The van der Waals surface area contributed by atoms with Gasteiger partial charge in [-0.05, 0) is 36.8 Å². The molecule has 0 radical (unpaired) electrons. The molecule has 0 spiro atoms. The standard InChI is InChI=1S/C17H20N2O4/c1-3-4-7-16(20)19-13-11-12(8-9-14(13)22-2)18-17(21)15-6-5-10-23-15/h5-6,8-11H,3-4,7H2,1-2H3,(H,18,21)(H,19,20). The molecule has 2 rings (SSSR count). The minimum Gasteiger partial charge on any atom is -0.495 e. The van der Waals surface area contributed by atoms with E-state index in [0.717, 1.165) is 12.8 Å². The summed E-state index contributed by atoms with van der Waals surface area (Å²) < 4.78 is 10.3. The maximum Gasteiger partial charge on any atom is 0.291 e. The second-order valence-corrected chi connectivity index (χ2v) is 5.00. The number of hydrogen-bond donors (Lipinski definition) is 2. The van der Waals surface area contributed by atoms with Crippen LogP contribution in [-0.4, -0.2) is 18.9 Å². The van der Waals surface area contributed by atoms with Crippen molar-refractivity contribution in [1.82, 2.24) is 0 Å². The quantitative estimate of drug-likeness (QED) is 0.816. The van der Waals surface area contributed by atoms with Gasteiger partial charge < -0.3 is 19.8 Å². The van der Waals surface area contributed by atoms with E-state index in [0.29, 0.717) is 23.5 Å². The van der Waals surface area contributed by atoms with E-state index in [9.17, 15) is 9.59 Å². The van der Waals surface area contributed by atoms with Gasteiger partial charge in [-0.25, -0.2) is 0 Å². The van der Waals surface area contributed by atoms with Gasteiger partial charge >= 0.3 is 0 Å². The number of nitrogens with one attached hydrogen (secondary N) is 2. The summed E-state index contributed by atoms with van der Waals surface area (Å²) in [6.45, 7) is 2.03. The van der Waals surface area contributed by atoms with Crippen molar-refractivity contribution in [2.45, 2.75) is 26.2 Å². The largest absolute Gasteiger partial charge is 0.495 e. The zero-order valence-corrected chi connectivity index (χ0v) is 13.2. The minimum absolute atomic E-state index is 0.0836. The van der Waals surface area contributed by atoms with Crippen LogP contribution < -0.4 is 15.4 Å². The Morgan fingerprint density at radius 1 is 1.22 bits per heavy atom. The lowest BCUT2D eigenvalue weighted by Gasteiger charge is -2.12. The van der Waals surface area contributed by atoms with Crippen molar-refractivity contribution in [2.75, 3.05) is 17.7 Å². The van der Waals surface area contributed by atoms with Crippen molar-refractivity contribution >= 4 is 23.2 Å². The van der Waals surface area contributed by atoms with Crippen LogP contribution >= 0.6 is 0 Å². The topological polar surface area (TPSA) is 80.6 Å². The average Bonchev–Trinajstić information content (AvgIpc) is 3.08. The zero-order chi connectivity index (χ0) is 16.7. The SMILES string of the molecule is CCCCC(=O)Nc1cc(NC(=O)c2ccco2)ccc1OC. The Hall–Kier alpha value is -2.76. The third-order valence-electron chi connectivity index (χ3n) is 3.23. The summed E-state index contributed by atoms with van der Waals surface area (Å²) in [7, 11) is 1.53. The molecule has 2 N–H and O–H groups in total. The van der Waals surface area contributed by atoms with Gasteiger partial charge in [0.15, 0.2) is 5.76 Å². The fourth-order valence-electron chi connectivity index (χ4n) is 2.03. The molecule has 6 nitrogen and oxygen atoms in total. The summed E-state index contributed by atoms with van der Waals surface area (Å²) in [5.74, 6) is 0.309. The van der Waals surface area contributed by atoms with Gasteiger partial charge in [0.1, 0.15) is 5.75 Å². The Bertz CT molecular complexity index is 665. The van der Waals surface area contributed by atoms with E-state index in [1.807, 2.05) is 6.92 Å². The fraction of sp³-hybridized carbons (Fsp3) is 0.294. The van der Waals surface area contributed by atoms with Crippen LogP contribution in [0.3, 0.4) is 0 Å². The lowest BCUT2D eigenvalue weighted by atomic mass is 10.2. The molecular weight excluding hydrogens is 296 g/mol. The molecule has 0 aliphatic heterocycles. The number of carbonyl (C=O) groups excluding carboxylic acids is 2. The van der Waals surface area contributed by atoms with Crippen LogP contribution in [-0.2, 0) is 4.79 Å². The first-order chi connectivity index (χ1) is 11.1. The third-order valence-corrected chi connectivity index (χ3v) is 3.23. The van der Waals surface area contributed by atoms with Gasteiger partial charge in [0.05, 0.1) is 19.1 Å². The molecule has 1 aromatic heterocycles. The molecule has 0 unspecified atom stereocenters.